The number of fused-ring (bicyclic) bond motifs is 1. The van der Waals surface area contributed by atoms with Crippen LogP contribution >= 0.6 is 0 Å². The van der Waals surface area contributed by atoms with E-state index < -0.39 is 5.97 Å². The minimum absolute atomic E-state index is 0.0873. The lowest BCUT2D eigenvalue weighted by atomic mass is 10.0. The van der Waals surface area contributed by atoms with Gasteiger partial charge in [-0.3, -0.25) is 4.79 Å². The summed E-state index contributed by atoms with van der Waals surface area (Å²) in [6, 6.07) is 11.2. The zero-order chi connectivity index (χ0) is 21.0. The largest absolute Gasteiger partial charge is 0.497 e. The third-order valence-electron chi connectivity index (χ3n) is 4.93. The van der Waals surface area contributed by atoms with Gasteiger partial charge in [-0.1, -0.05) is 32.0 Å². The fraction of sp³-hybridized carbons (Fsp3) is 0.304. The SMILES string of the molecule is CCc1cccc(CC)c1NC(=O)COC(=O)c1oc2ccc(OC)cc2c1C. The van der Waals surface area contributed by atoms with Crippen LogP contribution in [-0.4, -0.2) is 25.6 Å². The van der Waals surface area contributed by atoms with Gasteiger partial charge in [-0.2, -0.15) is 0 Å². The highest BCUT2D eigenvalue weighted by Crippen LogP contribution is 2.29. The van der Waals surface area contributed by atoms with E-state index in [4.69, 9.17) is 13.9 Å². The molecule has 0 spiro atoms. The van der Waals surface area contributed by atoms with Gasteiger partial charge in [-0.15, -0.1) is 0 Å². The molecule has 152 valence electrons. The van der Waals surface area contributed by atoms with Crippen molar-refractivity contribution in [1.29, 1.82) is 0 Å². The van der Waals surface area contributed by atoms with Crippen molar-refractivity contribution in [3.05, 3.63) is 58.8 Å². The molecule has 1 heterocycles. The molecule has 0 atom stereocenters. The van der Waals surface area contributed by atoms with E-state index in [0.717, 1.165) is 35.0 Å². The number of nitrogens with one attached hydrogen (secondary N) is 1. The van der Waals surface area contributed by atoms with Crippen molar-refractivity contribution in [2.75, 3.05) is 19.0 Å². The summed E-state index contributed by atoms with van der Waals surface area (Å²) >= 11 is 0. The molecule has 29 heavy (non-hydrogen) atoms. The van der Waals surface area contributed by atoms with Crippen LogP contribution < -0.4 is 10.1 Å². The van der Waals surface area contributed by atoms with Crippen molar-refractivity contribution < 1.29 is 23.5 Å². The van der Waals surface area contributed by atoms with Crippen LogP contribution in [0.25, 0.3) is 11.0 Å². The number of ether oxygens (including phenoxy) is 2. The maximum absolute atomic E-state index is 12.5. The second-order valence-corrected chi connectivity index (χ2v) is 6.70. The smallest absolute Gasteiger partial charge is 0.375 e. The third kappa shape index (κ3) is 4.26. The molecule has 1 N–H and O–H groups in total. The topological polar surface area (TPSA) is 77.8 Å². The van der Waals surface area contributed by atoms with Gasteiger partial charge in [0, 0.05) is 16.6 Å². The summed E-state index contributed by atoms with van der Waals surface area (Å²) in [7, 11) is 1.57. The van der Waals surface area contributed by atoms with Crippen molar-refractivity contribution in [3.63, 3.8) is 0 Å². The minimum Gasteiger partial charge on any atom is -0.497 e. The predicted molar refractivity (Wildman–Crippen MR) is 112 cm³/mol. The number of amides is 1. The Bertz CT molecular complexity index is 1030. The lowest BCUT2D eigenvalue weighted by Gasteiger charge is -2.14. The zero-order valence-corrected chi connectivity index (χ0v) is 17.1. The standard InChI is InChI=1S/C23H25NO5/c1-5-15-8-7-9-16(6-2)21(15)24-20(25)13-28-23(26)22-14(3)18-12-17(27-4)10-11-19(18)29-22/h7-12H,5-6,13H2,1-4H3,(H,24,25). The molecular formula is C23H25NO5. The van der Waals surface area contributed by atoms with Gasteiger partial charge in [-0.05, 0) is 49.1 Å². The molecule has 0 aliphatic heterocycles. The van der Waals surface area contributed by atoms with E-state index >= 15 is 0 Å². The monoisotopic (exact) mass is 395 g/mol. The van der Waals surface area contributed by atoms with E-state index in [1.165, 1.54) is 0 Å². The third-order valence-corrected chi connectivity index (χ3v) is 4.93. The molecule has 0 fully saturated rings. The first-order valence-corrected chi connectivity index (χ1v) is 9.63. The number of hydrogen-bond donors (Lipinski definition) is 1. The van der Waals surface area contributed by atoms with Crippen LogP contribution in [0.3, 0.4) is 0 Å². The summed E-state index contributed by atoms with van der Waals surface area (Å²) < 4.78 is 16.0. The van der Waals surface area contributed by atoms with Crippen molar-refractivity contribution >= 4 is 28.5 Å². The van der Waals surface area contributed by atoms with Crippen LogP contribution in [0.15, 0.2) is 40.8 Å². The first-order chi connectivity index (χ1) is 14.0. The number of aryl methyl sites for hydroxylation is 3. The van der Waals surface area contributed by atoms with Gasteiger partial charge in [0.15, 0.2) is 6.61 Å². The Morgan fingerprint density at radius 1 is 1.07 bits per heavy atom. The molecule has 0 saturated carbocycles. The number of para-hydroxylation sites is 1. The number of anilines is 1. The van der Waals surface area contributed by atoms with Gasteiger partial charge in [0.05, 0.1) is 7.11 Å². The average Bonchev–Trinajstić information content (AvgIpc) is 3.08. The number of furan rings is 1. The van der Waals surface area contributed by atoms with Crippen LogP contribution in [0.5, 0.6) is 5.75 Å². The van der Waals surface area contributed by atoms with E-state index in [0.29, 0.717) is 16.9 Å². The second-order valence-electron chi connectivity index (χ2n) is 6.70. The molecule has 0 bridgehead atoms. The fourth-order valence-corrected chi connectivity index (χ4v) is 3.30. The lowest BCUT2D eigenvalue weighted by Crippen LogP contribution is -2.22. The van der Waals surface area contributed by atoms with Gasteiger partial charge in [0.25, 0.3) is 5.91 Å². The van der Waals surface area contributed by atoms with E-state index in [1.807, 2.05) is 32.0 Å². The van der Waals surface area contributed by atoms with Gasteiger partial charge in [0.2, 0.25) is 5.76 Å². The van der Waals surface area contributed by atoms with Crippen LogP contribution in [0.1, 0.15) is 41.1 Å². The normalized spacial score (nSPS) is 10.8. The van der Waals surface area contributed by atoms with Crippen molar-refractivity contribution in [2.45, 2.75) is 33.6 Å². The Morgan fingerprint density at radius 3 is 2.38 bits per heavy atom. The molecule has 2 aromatic carbocycles. The predicted octanol–water partition coefficient (Wildman–Crippen LogP) is 4.67. The molecule has 0 aliphatic rings. The maximum Gasteiger partial charge on any atom is 0.375 e. The molecule has 0 radical (unpaired) electrons. The van der Waals surface area contributed by atoms with E-state index in [9.17, 15) is 9.59 Å². The van der Waals surface area contributed by atoms with Crippen LogP contribution in [-0.2, 0) is 22.4 Å². The average molecular weight is 395 g/mol. The first kappa shape index (κ1) is 20.5. The Hall–Kier alpha value is -3.28. The molecule has 3 rings (SSSR count). The Labute approximate surface area is 169 Å². The van der Waals surface area contributed by atoms with Crippen LogP contribution in [0.4, 0.5) is 5.69 Å². The number of carbonyl (C=O) groups excluding carboxylic acids is 2. The van der Waals surface area contributed by atoms with E-state index in [1.54, 1.807) is 32.2 Å². The number of carbonyl (C=O) groups is 2. The van der Waals surface area contributed by atoms with Gasteiger partial charge < -0.3 is 19.2 Å². The molecule has 0 aliphatic carbocycles. The summed E-state index contributed by atoms with van der Waals surface area (Å²) in [6.45, 7) is 5.44. The fourth-order valence-electron chi connectivity index (χ4n) is 3.30. The van der Waals surface area contributed by atoms with Crippen molar-refractivity contribution in [2.24, 2.45) is 0 Å². The van der Waals surface area contributed by atoms with E-state index in [2.05, 4.69) is 5.32 Å². The van der Waals surface area contributed by atoms with E-state index in [-0.39, 0.29) is 18.3 Å². The highest BCUT2D eigenvalue weighted by molar-refractivity contribution is 5.99. The van der Waals surface area contributed by atoms with Crippen LogP contribution in [0.2, 0.25) is 0 Å². The molecule has 1 aromatic heterocycles. The summed E-state index contributed by atoms with van der Waals surface area (Å²) in [5.74, 6) is -0.303. The molecule has 6 nitrogen and oxygen atoms in total. The number of esters is 1. The number of benzene rings is 2. The molecule has 6 heteroatoms. The highest BCUT2D eigenvalue weighted by Gasteiger charge is 2.21. The summed E-state index contributed by atoms with van der Waals surface area (Å²) in [5.41, 5.74) is 4.10. The van der Waals surface area contributed by atoms with Gasteiger partial charge in [-0.25, -0.2) is 4.79 Å². The molecule has 3 aromatic rings. The Morgan fingerprint density at radius 2 is 1.76 bits per heavy atom. The molecular weight excluding hydrogens is 370 g/mol. The number of hydrogen-bond acceptors (Lipinski definition) is 5. The lowest BCUT2D eigenvalue weighted by molar-refractivity contribution is -0.119. The number of rotatable bonds is 7. The first-order valence-electron chi connectivity index (χ1n) is 9.63. The quantitative estimate of drug-likeness (QED) is 0.588. The summed E-state index contributed by atoms with van der Waals surface area (Å²) in [4.78, 5) is 24.9. The van der Waals surface area contributed by atoms with Crippen LogP contribution in [0, 0.1) is 6.92 Å². The minimum atomic E-state index is -0.674. The molecule has 0 saturated heterocycles. The van der Waals surface area contributed by atoms with Gasteiger partial charge >= 0.3 is 5.97 Å². The second kappa shape index (κ2) is 8.82. The molecule has 0 unspecified atom stereocenters. The number of methoxy groups -OCH3 is 1. The summed E-state index contributed by atoms with van der Waals surface area (Å²) in [5, 5.41) is 3.65. The Balaban J connectivity index is 1.71. The Kier molecular flexibility index (Phi) is 6.22. The summed E-state index contributed by atoms with van der Waals surface area (Å²) in [6.07, 6.45) is 1.59. The van der Waals surface area contributed by atoms with Crippen molar-refractivity contribution in [1.82, 2.24) is 0 Å². The maximum atomic E-state index is 12.5. The van der Waals surface area contributed by atoms with Gasteiger partial charge in [0.1, 0.15) is 11.3 Å². The highest BCUT2D eigenvalue weighted by atomic mass is 16.5. The molecule has 1 amide bonds. The van der Waals surface area contributed by atoms with Crippen molar-refractivity contribution in [3.8, 4) is 5.75 Å². The zero-order valence-electron chi connectivity index (χ0n) is 17.1.